The molecule has 0 aliphatic carbocycles. The van der Waals surface area contributed by atoms with Gasteiger partial charge in [-0.2, -0.15) is 0 Å². The fraction of sp³-hybridized carbons (Fsp3) is 0.500. The molecule has 0 heterocycles. The van der Waals surface area contributed by atoms with Gasteiger partial charge < -0.3 is 19.9 Å². The molecule has 1 atom stereocenters. The third-order valence-electron chi connectivity index (χ3n) is 2.67. The lowest BCUT2D eigenvalue weighted by Gasteiger charge is -2.16. The van der Waals surface area contributed by atoms with Crippen LogP contribution in [-0.2, 0) is 11.3 Å². The molecular weight excluding hydrogens is 246 g/mol. The van der Waals surface area contributed by atoms with Crippen LogP contribution in [0.1, 0.15) is 25.8 Å². The Bertz CT molecular complexity index is 420. The van der Waals surface area contributed by atoms with Gasteiger partial charge in [0, 0.05) is 18.2 Å². The van der Waals surface area contributed by atoms with E-state index in [-0.39, 0.29) is 0 Å². The smallest absolute Gasteiger partial charge is 0.344 e. The Hall–Kier alpha value is -1.75. The van der Waals surface area contributed by atoms with Crippen molar-refractivity contribution in [2.45, 2.75) is 32.9 Å². The van der Waals surface area contributed by atoms with Crippen LogP contribution in [0, 0.1) is 0 Å². The molecule has 0 bridgehead atoms. The van der Waals surface area contributed by atoms with E-state index in [1.54, 1.807) is 13.2 Å². The van der Waals surface area contributed by atoms with Gasteiger partial charge >= 0.3 is 5.97 Å². The number of hydrogen-bond donors (Lipinski definition) is 2. The van der Waals surface area contributed by atoms with E-state index in [1.807, 2.05) is 12.1 Å². The molecule has 0 aliphatic rings. The molecule has 0 amide bonds. The summed E-state index contributed by atoms with van der Waals surface area (Å²) in [6, 6.07) is 5.43. The van der Waals surface area contributed by atoms with E-state index in [0.717, 1.165) is 18.5 Å². The number of carbonyl (C=O) groups is 1. The van der Waals surface area contributed by atoms with Crippen LogP contribution >= 0.6 is 0 Å². The molecule has 5 nitrogen and oxygen atoms in total. The highest BCUT2D eigenvalue weighted by atomic mass is 16.5. The van der Waals surface area contributed by atoms with Crippen LogP contribution in [-0.4, -0.2) is 30.8 Å². The van der Waals surface area contributed by atoms with E-state index in [2.05, 4.69) is 12.2 Å². The maximum absolute atomic E-state index is 10.9. The number of ether oxygens (including phenoxy) is 2. The van der Waals surface area contributed by atoms with Crippen molar-refractivity contribution in [2.75, 3.05) is 13.7 Å². The fourth-order valence-corrected chi connectivity index (χ4v) is 1.56. The lowest BCUT2D eigenvalue weighted by Crippen LogP contribution is -2.24. The molecular formula is C14H21NO4. The minimum Gasteiger partial charge on any atom is -0.497 e. The van der Waals surface area contributed by atoms with E-state index in [1.165, 1.54) is 6.92 Å². The Morgan fingerprint density at radius 2 is 2.21 bits per heavy atom. The number of carboxylic acids is 1. The second-order valence-electron chi connectivity index (χ2n) is 4.25. The third-order valence-corrected chi connectivity index (χ3v) is 2.67. The van der Waals surface area contributed by atoms with Gasteiger partial charge in [-0.25, -0.2) is 4.79 Å². The highest BCUT2D eigenvalue weighted by Gasteiger charge is 2.15. The van der Waals surface area contributed by atoms with Gasteiger partial charge in [-0.05, 0) is 26.0 Å². The number of nitrogens with one attached hydrogen (secondary N) is 1. The van der Waals surface area contributed by atoms with Gasteiger partial charge in [-0.1, -0.05) is 13.0 Å². The van der Waals surface area contributed by atoms with Crippen molar-refractivity contribution in [3.05, 3.63) is 23.8 Å². The Kier molecular flexibility index (Phi) is 6.15. The molecule has 106 valence electrons. The number of benzene rings is 1. The molecule has 19 heavy (non-hydrogen) atoms. The Labute approximate surface area is 113 Å². The number of hydrogen-bond acceptors (Lipinski definition) is 4. The molecule has 0 spiro atoms. The van der Waals surface area contributed by atoms with Crippen LogP contribution in [0.15, 0.2) is 18.2 Å². The Morgan fingerprint density at radius 3 is 2.79 bits per heavy atom. The summed E-state index contributed by atoms with van der Waals surface area (Å²) in [5.74, 6) is 0.194. The first-order chi connectivity index (χ1) is 9.08. The van der Waals surface area contributed by atoms with Crippen molar-refractivity contribution in [1.82, 2.24) is 5.32 Å². The Balaban J connectivity index is 2.85. The predicted octanol–water partition coefficient (Wildman–Crippen LogP) is 2.05. The molecule has 5 heteroatoms. The third kappa shape index (κ3) is 4.79. The molecule has 1 rings (SSSR count). The van der Waals surface area contributed by atoms with Gasteiger partial charge in [0.25, 0.3) is 0 Å². The average molecular weight is 267 g/mol. The number of rotatable bonds is 8. The zero-order valence-electron chi connectivity index (χ0n) is 11.6. The van der Waals surface area contributed by atoms with E-state index >= 15 is 0 Å². The monoisotopic (exact) mass is 267 g/mol. The summed E-state index contributed by atoms with van der Waals surface area (Å²) in [6.45, 7) is 5.13. The SMILES string of the molecule is CCCNCc1ccc(OC)cc1OC(C)C(=O)O. The first-order valence-electron chi connectivity index (χ1n) is 6.35. The molecule has 0 saturated carbocycles. The van der Waals surface area contributed by atoms with Crippen molar-refractivity contribution in [2.24, 2.45) is 0 Å². The van der Waals surface area contributed by atoms with E-state index < -0.39 is 12.1 Å². The second-order valence-corrected chi connectivity index (χ2v) is 4.25. The van der Waals surface area contributed by atoms with Crippen LogP contribution in [0.4, 0.5) is 0 Å². The average Bonchev–Trinajstić information content (AvgIpc) is 2.40. The van der Waals surface area contributed by atoms with Crippen LogP contribution in [0.5, 0.6) is 11.5 Å². The zero-order valence-corrected chi connectivity index (χ0v) is 11.6. The van der Waals surface area contributed by atoms with Crippen LogP contribution < -0.4 is 14.8 Å². The fourth-order valence-electron chi connectivity index (χ4n) is 1.56. The minimum atomic E-state index is -0.990. The van der Waals surface area contributed by atoms with Crippen molar-refractivity contribution in [3.8, 4) is 11.5 Å². The maximum atomic E-state index is 10.9. The molecule has 0 fully saturated rings. The highest BCUT2D eigenvalue weighted by Crippen LogP contribution is 2.25. The van der Waals surface area contributed by atoms with Gasteiger partial charge in [-0.15, -0.1) is 0 Å². The largest absolute Gasteiger partial charge is 0.497 e. The summed E-state index contributed by atoms with van der Waals surface area (Å²) in [7, 11) is 1.56. The van der Waals surface area contributed by atoms with E-state index in [0.29, 0.717) is 18.0 Å². The summed E-state index contributed by atoms with van der Waals surface area (Å²) in [5.41, 5.74) is 0.919. The first-order valence-corrected chi connectivity index (χ1v) is 6.35. The van der Waals surface area contributed by atoms with Gasteiger partial charge in [0.1, 0.15) is 11.5 Å². The van der Waals surface area contributed by atoms with Crippen molar-refractivity contribution < 1.29 is 19.4 Å². The van der Waals surface area contributed by atoms with Crippen molar-refractivity contribution >= 4 is 5.97 Å². The number of methoxy groups -OCH3 is 1. The van der Waals surface area contributed by atoms with Gasteiger partial charge in [0.05, 0.1) is 7.11 Å². The highest BCUT2D eigenvalue weighted by molar-refractivity contribution is 5.72. The normalized spacial score (nSPS) is 11.9. The molecule has 0 radical (unpaired) electrons. The molecule has 1 aromatic rings. The number of aliphatic carboxylic acids is 1. The number of carboxylic acid groups (broad SMARTS) is 1. The first kappa shape index (κ1) is 15.3. The lowest BCUT2D eigenvalue weighted by molar-refractivity contribution is -0.144. The molecule has 2 N–H and O–H groups in total. The van der Waals surface area contributed by atoms with Gasteiger partial charge in [-0.3, -0.25) is 0 Å². The quantitative estimate of drug-likeness (QED) is 0.706. The standard InChI is InChI=1S/C14H21NO4/c1-4-7-15-9-11-5-6-12(18-3)8-13(11)19-10(2)14(16)17/h5-6,8,10,15H,4,7,9H2,1-3H3,(H,16,17). The lowest BCUT2D eigenvalue weighted by atomic mass is 10.2. The summed E-state index contributed by atoms with van der Waals surface area (Å²) < 4.78 is 10.6. The topological polar surface area (TPSA) is 67.8 Å². The summed E-state index contributed by atoms with van der Waals surface area (Å²) in [5, 5.41) is 12.2. The molecule has 1 unspecified atom stereocenters. The van der Waals surface area contributed by atoms with Gasteiger partial charge in [0.2, 0.25) is 0 Å². The Morgan fingerprint density at radius 1 is 1.47 bits per heavy atom. The van der Waals surface area contributed by atoms with E-state index in [9.17, 15) is 4.79 Å². The van der Waals surface area contributed by atoms with Crippen molar-refractivity contribution in [3.63, 3.8) is 0 Å². The minimum absolute atomic E-state index is 0.540. The van der Waals surface area contributed by atoms with Crippen LogP contribution in [0.2, 0.25) is 0 Å². The molecule has 0 aromatic heterocycles. The summed E-state index contributed by atoms with van der Waals surface area (Å²) in [4.78, 5) is 10.9. The summed E-state index contributed by atoms with van der Waals surface area (Å²) >= 11 is 0. The van der Waals surface area contributed by atoms with Crippen molar-refractivity contribution in [1.29, 1.82) is 0 Å². The van der Waals surface area contributed by atoms with Gasteiger partial charge in [0.15, 0.2) is 6.10 Å². The van der Waals surface area contributed by atoms with Crippen LogP contribution in [0.25, 0.3) is 0 Å². The maximum Gasteiger partial charge on any atom is 0.344 e. The van der Waals surface area contributed by atoms with E-state index in [4.69, 9.17) is 14.6 Å². The molecule has 0 aliphatic heterocycles. The molecule has 0 saturated heterocycles. The van der Waals surface area contributed by atoms with Crippen LogP contribution in [0.3, 0.4) is 0 Å². The second kappa shape index (κ2) is 7.63. The predicted molar refractivity (Wildman–Crippen MR) is 72.7 cm³/mol. The molecule has 1 aromatic carbocycles. The summed E-state index contributed by atoms with van der Waals surface area (Å²) in [6.07, 6.45) is 0.148. The zero-order chi connectivity index (χ0) is 14.3.